The lowest BCUT2D eigenvalue weighted by atomic mass is 9.86. The fourth-order valence-electron chi connectivity index (χ4n) is 2.91. The summed E-state index contributed by atoms with van der Waals surface area (Å²) in [6.07, 6.45) is 1.74. The minimum absolute atomic E-state index is 0.0222. The molecule has 0 saturated carbocycles. The molecule has 0 aliphatic rings. The molecular formula is C22H26N4O. The van der Waals surface area contributed by atoms with Crippen LogP contribution in [0.15, 0.2) is 54.7 Å². The average Bonchev–Trinajstić information content (AvgIpc) is 2.62. The van der Waals surface area contributed by atoms with E-state index in [0.717, 1.165) is 22.7 Å². The fraction of sp³-hybridized carbons (Fsp3) is 0.273. The van der Waals surface area contributed by atoms with Crippen molar-refractivity contribution in [1.82, 2.24) is 9.97 Å². The van der Waals surface area contributed by atoms with Crippen LogP contribution in [0.5, 0.6) is 5.75 Å². The number of para-hydroxylation sites is 1. The normalized spacial score (nSPS) is 11.1. The second-order valence-corrected chi connectivity index (χ2v) is 7.51. The first-order valence-corrected chi connectivity index (χ1v) is 8.98. The number of methoxy groups -OCH3 is 1. The Kier molecular flexibility index (Phi) is 5.31. The van der Waals surface area contributed by atoms with E-state index in [-0.39, 0.29) is 5.41 Å². The van der Waals surface area contributed by atoms with E-state index in [1.165, 1.54) is 5.56 Å². The minimum atomic E-state index is 0.0222. The third kappa shape index (κ3) is 4.56. The quantitative estimate of drug-likeness (QED) is 0.620. The lowest BCUT2D eigenvalue weighted by Gasteiger charge is -2.23. The van der Waals surface area contributed by atoms with Crippen molar-refractivity contribution in [3.8, 4) is 5.75 Å². The van der Waals surface area contributed by atoms with Gasteiger partial charge in [-0.2, -0.15) is 4.98 Å². The molecule has 0 radical (unpaired) electrons. The van der Waals surface area contributed by atoms with Crippen LogP contribution in [0.25, 0.3) is 0 Å². The summed E-state index contributed by atoms with van der Waals surface area (Å²) in [5.41, 5.74) is 4.26. The molecule has 1 heterocycles. The molecule has 0 unspecified atom stereocenters. The monoisotopic (exact) mass is 362 g/mol. The van der Waals surface area contributed by atoms with Crippen molar-refractivity contribution >= 4 is 23.1 Å². The van der Waals surface area contributed by atoms with Crippen LogP contribution in [-0.4, -0.2) is 17.1 Å². The van der Waals surface area contributed by atoms with E-state index in [4.69, 9.17) is 4.74 Å². The van der Waals surface area contributed by atoms with E-state index >= 15 is 0 Å². The Balaban J connectivity index is 1.87. The Hall–Kier alpha value is -3.08. The summed E-state index contributed by atoms with van der Waals surface area (Å²) in [6, 6.07) is 16.1. The van der Waals surface area contributed by atoms with Crippen molar-refractivity contribution in [2.75, 3.05) is 17.7 Å². The Bertz CT molecular complexity index is 932. The van der Waals surface area contributed by atoms with Gasteiger partial charge < -0.3 is 15.4 Å². The molecule has 2 aromatic carbocycles. The first-order chi connectivity index (χ1) is 12.9. The number of rotatable bonds is 5. The van der Waals surface area contributed by atoms with Crippen molar-refractivity contribution in [2.45, 2.75) is 33.1 Å². The molecule has 5 nitrogen and oxygen atoms in total. The maximum Gasteiger partial charge on any atom is 0.229 e. The summed E-state index contributed by atoms with van der Waals surface area (Å²) < 4.78 is 5.43. The van der Waals surface area contributed by atoms with Crippen molar-refractivity contribution in [3.05, 3.63) is 65.9 Å². The number of hydrogen-bond donors (Lipinski definition) is 2. The summed E-state index contributed by atoms with van der Waals surface area (Å²) in [5.74, 6) is 2.01. The zero-order chi connectivity index (χ0) is 19.4. The van der Waals surface area contributed by atoms with Gasteiger partial charge in [-0.3, -0.25) is 0 Å². The van der Waals surface area contributed by atoms with Crippen LogP contribution in [0, 0.1) is 6.92 Å². The molecule has 0 aliphatic carbocycles. The van der Waals surface area contributed by atoms with E-state index in [1.54, 1.807) is 13.3 Å². The van der Waals surface area contributed by atoms with E-state index in [9.17, 15) is 0 Å². The number of hydrogen-bond acceptors (Lipinski definition) is 5. The van der Waals surface area contributed by atoms with Crippen LogP contribution in [0.3, 0.4) is 0 Å². The topological polar surface area (TPSA) is 59.1 Å². The van der Waals surface area contributed by atoms with Gasteiger partial charge in [0.25, 0.3) is 0 Å². The molecule has 3 rings (SSSR count). The van der Waals surface area contributed by atoms with Gasteiger partial charge in [0, 0.05) is 11.9 Å². The molecule has 0 aliphatic heterocycles. The number of aryl methyl sites for hydroxylation is 1. The van der Waals surface area contributed by atoms with Gasteiger partial charge >= 0.3 is 0 Å². The highest BCUT2D eigenvalue weighted by atomic mass is 16.5. The molecule has 27 heavy (non-hydrogen) atoms. The number of aromatic nitrogens is 2. The molecule has 0 spiro atoms. The lowest BCUT2D eigenvalue weighted by Crippen LogP contribution is -2.14. The van der Waals surface area contributed by atoms with E-state index < -0.39 is 0 Å². The van der Waals surface area contributed by atoms with Crippen LogP contribution < -0.4 is 15.4 Å². The third-order valence-corrected chi connectivity index (χ3v) is 4.25. The highest BCUT2D eigenvalue weighted by molar-refractivity contribution is 5.66. The van der Waals surface area contributed by atoms with Gasteiger partial charge in [0.05, 0.1) is 12.8 Å². The highest BCUT2D eigenvalue weighted by Gasteiger charge is 2.18. The summed E-state index contributed by atoms with van der Waals surface area (Å²) in [5, 5.41) is 6.67. The van der Waals surface area contributed by atoms with Crippen molar-refractivity contribution in [1.29, 1.82) is 0 Å². The van der Waals surface area contributed by atoms with Crippen LogP contribution in [0.2, 0.25) is 0 Å². The van der Waals surface area contributed by atoms with Crippen LogP contribution in [0.4, 0.5) is 23.1 Å². The van der Waals surface area contributed by atoms with Gasteiger partial charge in [-0.1, -0.05) is 45.0 Å². The summed E-state index contributed by atoms with van der Waals surface area (Å²) in [6.45, 7) is 8.62. The van der Waals surface area contributed by atoms with E-state index in [2.05, 4.69) is 53.5 Å². The van der Waals surface area contributed by atoms with Gasteiger partial charge in [0.2, 0.25) is 5.95 Å². The fourth-order valence-corrected chi connectivity index (χ4v) is 2.91. The van der Waals surface area contributed by atoms with E-state index in [0.29, 0.717) is 11.8 Å². The summed E-state index contributed by atoms with van der Waals surface area (Å²) in [7, 11) is 1.66. The molecule has 0 amide bonds. The molecule has 2 N–H and O–H groups in total. The van der Waals surface area contributed by atoms with Crippen molar-refractivity contribution in [3.63, 3.8) is 0 Å². The van der Waals surface area contributed by atoms with Crippen LogP contribution >= 0.6 is 0 Å². The molecule has 5 heteroatoms. The number of benzene rings is 2. The Morgan fingerprint density at radius 1 is 0.926 bits per heavy atom. The maximum atomic E-state index is 5.43. The van der Waals surface area contributed by atoms with Gasteiger partial charge in [-0.05, 0) is 47.7 Å². The molecule has 140 valence electrons. The number of nitrogens with one attached hydrogen (secondary N) is 2. The zero-order valence-electron chi connectivity index (χ0n) is 16.5. The second kappa shape index (κ2) is 7.66. The molecule has 0 atom stereocenters. The molecule has 0 saturated heterocycles. The molecule has 1 aromatic heterocycles. The molecule has 0 bridgehead atoms. The Morgan fingerprint density at radius 2 is 1.70 bits per heavy atom. The van der Waals surface area contributed by atoms with Gasteiger partial charge in [-0.25, -0.2) is 4.98 Å². The number of anilines is 4. The predicted molar refractivity (Wildman–Crippen MR) is 111 cm³/mol. The van der Waals surface area contributed by atoms with Gasteiger partial charge in [-0.15, -0.1) is 0 Å². The Labute approximate surface area is 160 Å². The third-order valence-electron chi connectivity index (χ3n) is 4.25. The average molecular weight is 362 g/mol. The Morgan fingerprint density at radius 3 is 2.44 bits per heavy atom. The SMILES string of the molecule is COc1ccc(C)cc1Nc1ccnc(Nc2ccccc2C(C)(C)C)n1. The van der Waals surface area contributed by atoms with Crippen molar-refractivity contribution in [2.24, 2.45) is 0 Å². The maximum absolute atomic E-state index is 5.43. The van der Waals surface area contributed by atoms with Gasteiger partial charge in [0.1, 0.15) is 11.6 Å². The largest absolute Gasteiger partial charge is 0.495 e. The minimum Gasteiger partial charge on any atom is -0.495 e. The van der Waals surface area contributed by atoms with E-state index in [1.807, 2.05) is 43.3 Å². The zero-order valence-corrected chi connectivity index (χ0v) is 16.5. The first-order valence-electron chi connectivity index (χ1n) is 8.98. The number of nitrogens with zero attached hydrogens (tertiary/aromatic N) is 2. The lowest BCUT2D eigenvalue weighted by molar-refractivity contribution is 0.416. The van der Waals surface area contributed by atoms with Crippen LogP contribution in [-0.2, 0) is 5.41 Å². The summed E-state index contributed by atoms with van der Waals surface area (Å²) >= 11 is 0. The number of ether oxygens (including phenoxy) is 1. The van der Waals surface area contributed by atoms with Gasteiger partial charge in [0.15, 0.2) is 0 Å². The first kappa shape index (κ1) is 18.7. The standard InChI is InChI=1S/C22H26N4O/c1-15-10-11-19(27-5)18(14-15)24-20-12-13-23-21(26-20)25-17-9-7-6-8-16(17)22(2,3)4/h6-14H,1-5H3,(H2,23,24,25,26). The molecule has 0 fully saturated rings. The summed E-state index contributed by atoms with van der Waals surface area (Å²) in [4.78, 5) is 8.97. The second-order valence-electron chi connectivity index (χ2n) is 7.51. The smallest absolute Gasteiger partial charge is 0.229 e. The highest BCUT2D eigenvalue weighted by Crippen LogP contribution is 2.31. The molecule has 3 aromatic rings. The van der Waals surface area contributed by atoms with Crippen LogP contribution in [0.1, 0.15) is 31.9 Å². The predicted octanol–water partition coefficient (Wildman–Crippen LogP) is 5.58. The van der Waals surface area contributed by atoms with Crippen molar-refractivity contribution < 1.29 is 4.74 Å². The molecular weight excluding hydrogens is 336 g/mol.